The second-order valence-corrected chi connectivity index (χ2v) is 5.97. The summed E-state index contributed by atoms with van der Waals surface area (Å²) in [7, 11) is 1.97. The summed E-state index contributed by atoms with van der Waals surface area (Å²) in [4.78, 5) is 18.0. The van der Waals surface area contributed by atoms with Gasteiger partial charge in [-0.15, -0.1) is 0 Å². The number of aromatic nitrogens is 1. The Bertz CT molecular complexity index is 511. The Morgan fingerprint density at radius 2 is 2.20 bits per heavy atom. The van der Waals surface area contributed by atoms with Crippen molar-refractivity contribution in [2.45, 2.75) is 39.4 Å². The largest absolute Gasteiger partial charge is 0.484 e. The fraction of sp³-hybridized carbons (Fsp3) is 0.571. The molecule has 0 saturated heterocycles. The molecule has 1 N–H and O–H groups in total. The van der Waals surface area contributed by atoms with Crippen molar-refractivity contribution in [3.05, 3.63) is 12.4 Å². The van der Waals surface area contributed by atoms with Crippen LogP contribution >= 0.6 is 0 Å². The molecule has 0 spiro atoms. The van der Waals surface area contributed by atoms with Gasteiger partial charge >= 0.3 is 6.09 Å². The molecular formula is C14H21N3O3. The summed E-state index contributed by atoms with van der Waals surface area (Å²) in [5, 5.41) is 2.69. The molecule has 2 heterocycles. The number of nitrogens with one attached hydrogen (secondary N) is 1. The number of ether oxygens (including phenoxy) is 2. The SMILES string of the molecule is CC1CN(C)c2cncc(NC(=O)OC(C)(C)C)c2O1. The molecule has 1 aromatic heterocycles. The van der Waals surface area contributed by atoms with E-state index in [0.29, 0.717) is 11.4 Å². The first-order valence-electron chi connectivity index (χ1n) is 6.62. The zero-order valence-corrected chi connectivity index (χ0v) is 12.6. The third kappa shape index (κ3) is 3.31. The molecule has 20 heavy (non-hydrogen) atoms. The summed E-state index contributed by atoms with van der Waals surface area (Å²) in [6.07, 6.45) is 2.82. The summed E-state index contributed by atoms with van der Waals surface area (Å²) in [6, 6.07) is 0. The molecule has 2 rings (SSSR count). The van der Waals surface area contributed by atoms with Crippen molar-refractivity contribution in [2.24, 2.45) is 0 Å². The Kier molecular flexibility index (Phi) is 3.74. The number of carbonyl (C=O) groups excluding carboxylic acids is 1. The number of fused-ring (bicyclic) bond motifs is 1. The molecule has 0 aromatic carbocycles. The molecule has 0 bridgehead atoms. The maximum Gasteiger partial charge on any atom is 0.412 e. The van der Waals surface area contributed by atoms with E-state index in [1.807, 2.05) is 34.7 Å². The van der Waals surface area contributed by atoms with Crippen LogP contribution in [0.2, 0.25) is 0 Å². The zero-order chi connectivity index (χ0) is 14.9. The highest BCUT2D eigenvalue weighted by atomic mass is 16.6. The van der Waals surface area contributed by atoms with Crippen molar-refractivity contribution in [3.63, 3.8) is 0 Å². The van der Waals surface area contributed by atoms with Crippen LogP contribution in [0.3, 0.4) is 0 Å². The Morgan fingerprint density at radius 1 is 1.50 bits per heavy atom. The topological polar surface area (TPSA) is 63.7 Å². The first kappa shape index (κ1) is 14.4. The van der Waals surface area contributed by atoms with Gasteiger partial charge in [0.1, 0.15) is 23.1 Å². The van der Waals surface area contributed by atoms with Gasteiger partial charge in [0.2, 0.25) is 0 Å². The zero-order valence-electron chi connectivity index (χ0n) is 12.6. The number of likely N-dealkylation sites (N-methyl/N-ethyl adjacent to an activating group) is 1. The number of nitrogens with zero attached hydrogens (tertiary/aromatic N) is 2. The fourth-order valence-corrected chi connectivity index (χ4v) is 2.06. The molecule has 1 unspecified atom stereocenters. The molecule has 1 amide bonds. The van der Waals surface area contributed by atoms with Crippen molar-refractivity contribution >= 4 is 17.5 Å². The number of amides is 1. The van der Waals surface area contributed by atoms with Gasteiger partial charge in [0, 0.05) is 7.05 Å². The van der Waals surface area contributed by atoms with Gasteiger partial charge in [-0.05, 0) is 27.7 Å². The van der Waals surface area contributed by atoms with Gasteiger partial charge in [-0.1, -0.05) is 0 Å². The number of pyridine rings is 1. The van der Waals surface area contributed by atoms with Crippen LogP contribution in [-0.2, 0) is 4.74 Å². The predicted octanol–water partition coefficient (Wildman–Crippen LogP) is 2.65. The third-order valence-electron chi connectivity index (χ3n) is 2.77. The van der Waals surface area contributed by atoms with Crippen LogP contribution in [-0.4, -0.2) is 36.4 Å². The van der Waals surface area contributed by atoms with Crippen LogP contribution in [0.15, 0.2) is 12.4 Å². The number of anilines is 2. The minimum atomic E-state index is -0.544. The predicted molar refractivity (Wildman–Crippen MR) is 77.5 cm³/mol. The van der Waals surface area contributed by atoms with Crippen molar-refractivity contribution in [3.8, 4) is 5.75 Å². The van der Waals surface area contributed by atoms with E-state index in [2.05, 4.69) is 15.2 Å². The fourth-order valence-electron chi connectivity index (χ4n) is 2.06. The molecule has 1 aliphatic heterocycles. The van der Waals surface area contributed by atoms with E-state index < -0.39 is 11.7 Å². The van der Waals surface area contributed by atoms with E-state index in [0.717, 1.165) is 12.2 Å². The molecule has 0 aliphatic carbocycles. The summed E-state index contributed by atoms with van der Waals surface area (Å²) in [5.41, 5.74) is 0.837. The number of hydrogen-bond donors (Lipinski definition) is 1. The van der Waals surface area contributed by atoms with Crippen molar-refractivity contribution < 1.29 is 14.3 Å². The van der Waals surface area contributed by atoms with Crippen LogP contribution in [0.1, 0.15) is 27.7 Å². The molecule has 0 fully saturated rings. The number of rotatable bonds is 1. The van der Waals surface area contributed by atoms with Crippen LogP contribution in [0, 0.1) is 0 Å². The summed E-state index contributed by atoms with van der Waals surface area (Å²) >= 11 is 0. The number of carbonyl (C=O) groups is 1. The first-order chi connectivity index (χ1) is 9.26. The van der Waals surface area contributed by atoms with Gasteiger partial charge in [0.25, 0.3) is 0 Å². The van der Waals surface area contributed by atoms with Gasteiger partial charge in [-0.3, -0.25) is 10.3 Å². The molecule has 6 heteroatoms. The lowest BCUT2D eigenvalue weighted by molar-refractivity contribution is 0.0634. The summed E-state index contributed by atoms with van der Waals surface area (Å²) in [6.45, 7) is 8.22. The quantitative estimate of drug-likeness (QED) is 0.856. The highest BCUT2D eigenvalue weighted by Gasteiger charge is 2.25. The average molecular weight is 279 g/mol. The van der Waals surface area contributed by atoms with Gasteiger partial charge in [0.15, 0.2) is 5.75 Å². The second-order valence-electron chi connectivity index (χ2n) is 5.97. The normalized spacial score (nSPS) is 18.1. The summed E-state index contributed by atoms with van der Waals surface area (Å²) < 4.78 is 11.1. The van der Waals surface area contributed by atoms with Crippen molar-refractivity contribution in [1.29, 1.82) is 0 Å². The van der Waals surface area contributed by atoms with Crippen LogP contribution in [0.25, 0.3) is 0 Å². The highest BCUT2D eigenvalue weighted by Crippen LogP contribution is 2.38. The van der Waals surface area contributed by atoms with Crippen LogP contribution < -0.4 is 15.0 Å². The van der Waals surface area contributed by atoms with Crippen LogP contribution in [0.4, 0.5) is 16.2 Å². The van der Waals surface area contributed by atoms with E-state index in [1.165, 1.54) is 0 Å². The lowest BCUT2D eigenvalue weighted by atomic mass is 10.2. The minimum absolute atomic E-state index is 0.0501. The van der Waals surface area contributed by atoms with Gasteiger partial charge in [-0.2, -0.15) is 0 Å². The van der Waals surface area contributed by atoms with E-state index >= 15 is 0 Å². The Balaban J connectivity index is 2.21. The molecule has 1 aliphatic rings. The maximum absolute atomic E-state index is 11.8. The maximum atomic E-state index is 11.8. The van der Waals surface area contributed by atoms with Crippen LogP contribution in [0.5, 0.6) is 5.75 Å². The van der Waals surface area contributed by atoms with Crippen molar-refractivity contribution in [2.75, 3.05) is 23.8 Å². The van der Waals surface area contributed by atoms with Gasteiger partial charge < -0.3 is 14.4 Å². The van der Waals surface area contributed by atoms with E-state index in [9.17, 15) is 4.79 Å². The highest BCUT2D eigenvalue weighted by molar-refractivity contribution is 5.89. The number of hydrogen-bond acceptors (Lipinski definition) is 5. The van der Waals surface area contributed by atoms with E-state index in [4.69, 9.17) is 9.47 Å². The first-order valence-corrected chi connectivity index (χ1v) is 6.62. The third-order valence-corrected chi connectivity index (χ3v) is 2.77. The molecule has 1 aromatic rings. The smallest absolute Gasteiger partial charge is 0.412 e. The molecule has 1 atom stereocenters. The van der Waals surface area contributed by atoms with Crippen molar-refractivity contribution in [1.82, 2.24) is 4.98 Å². The van der Waals surface area contributed by atoms with E-state index in [-0.39, 0.29) is 6.10 Å². The minimum Gasteiger partial charge on any atom is -0.484 e. The van der Waals surface area contributed by atoms with E-state index in [1.54, 1.807) is 12.4 Å². The molecular weight excluding hydrogens is 258 g/mol. The Labute approximate surface area is 119 Å². The van der Waals surface area contributed by atoms with Gasteiger partial charge in [0.05, 0.1) is 18.9 Å². The molecule has 6 nitrogen and oxygen atoms in total. The average Bonchev–Trinajstić information content (AvgIpc) is 2.27. The lowest BCUT2D eigenvalue weighted by Gasteiger charge is -2.32. The van der Waals surface area contributed by atoms with Gasteiger partial charge in [-0.25, -0.2) is 4.79 Å². The Morgan fingerprint density at radius 3 is 2.85 bits per heavy atom. The lowest BCUT2D eigenvalue weighted by Crippen LogP contribution is -2.36. The summed E-state index contributed by atoms with van der Waals surface area (Å²) in [5.74, 6) is 0.632. The standard InChI is InChI=1S/C14H21N3O3/c1-9-8-17(5)11-7-15-6-10(12(11)19-9)16-13(18)20-14(2,3)4/h6-7,9H,8H2,1-5H3,(H,16,18). The monoisotopic (exact) mass is 279 g/mol. The second kappa shape index (κ2) is 5.19. The molecule has 110 valence electrons. The Hall–Kier alpha value is -1.98. The molecule has 0 saturated carbocycles. The molecule has 0 radical (unpaired) electrons.